The number of nitrogens with one attached hydrogen (secondary N) is 1. The van der Waals surface area contributed by atoms with Crippen molar-refractivity contribution in [2.24, 2.45) is 0 Å². The zero-order valence-electron chi connectivity index (χ0n) is 8.20. The van der Waals surface area contributed by atoms with Gasteiger partial charge in [0.05, 0.1) is 11.4 Å². The molecule has 1 heterocycles. The molecular weight excluding hydrogens is 198 g/mol. The average Bonchev–Trinajstić information content (AvgIpc) is 2.16. The van der Waals surface area contributed by atoms with Crippen LogP contribution in [0.3, 0.4) is 0 Å². The minimum atomic E-state index is -0.0308. The number of amides is 1. The first-order chi connectivity index (χ1) is 6.63. The normalized spacial score (nSPS) is 9.86. The molecule has 0 unspecified atom stereocenters. The van der Waals surface area contributed by atoms with Gasteiger partial charge < -0.3 is 11.1 Å². The quantitative estimate of drug-likeness (QED) is 0.726. The Balaban J connectivity index is 2.63. The van der Waals surface area contributed by atoms with Gasteiger partial charge in [0.2, 0.25) is 5.91 Å². The Morgan fingerprint density at radius 1 is 1.71 bits per heavy atom. The number of hydrogen-bond acceptors (Lipinski definition) is 4. The van der Waals surface area contributed by atoms with Gasteiger partial charge in [0.25, 0.3) is 0 Å². The van der Waals surface area contributed by atoms with Crippen molar-refractivity contribution < 1.29 is 4.79 Å². The molecule has 76 valence electrons. The standard InChI is InChI=1S/C9H13N3OS/c1-6-3-7(10)9(12-4-6)14-5-8(13)11-2/h3-4H,5,10H2,1-2H3,(H,11,13). The fourth-order valence-corrected chi connectivity index (χ4v) is 1.67. The van der Waals surface area contributed by atoms with Gasteiger partial charge in [-0.1, -0.05) is 11.8 Å². The van der Waals surface area contributed by atoms with Crippen LogP contribution in [0, 0.1) is 6.92 Å². The molecule has 0 fully saturated rings. The molecule has 1 amide bonds. The summed E-state index contributed by atoms with van der Waals surface area (Å²) in [6, 6.07) is 1.85. The van der Waals surface area contributed by atoms with Crippen LogP contribution >= 0.6 is 11.8 Å². The van der Waals surface area contributed by atoms with E-state index < -0.39 is 0 Å². The van der Waals surface area contributed by atoms with E-state index >= 15 is 0 Å². The highest BCUT2D eigenvalue weighted by Gasteiger charge is 2.04. The summed E-state index contributed by atoms with van der Waals surface area (Å²) >= 11 is 1.34. The minimum Gasteiger partial charge on any atom is -0.397 e. The third kappa shape index (κ3) is 2.92. The van der Waals surface area contributed by atoms with Gasteiger partial charge in [0.1, 0.15) is 5.03 Å². The van der Waals surface area contributed by atoms with Gasteiger partial charge in [-0.05, 0) is 18.6 Å². The minimum absolute atomic E-state index is 0.0308. The van der Waals surface area contributed by atoms with Crippen molar-refractivity contribution in [1.29, 1.82) is 0 Å². The molecule has 0 saturated carbocycles. The van der Waals surface area contributed by atoms with E-state index in [1.54, 1.807) is 13.2 Å². The summed E-state index contributed by atoms with van der Waals surface area (Å²) in [5, 5.41) is 3.25. The van der Waals surface area contributed by atoms with Crippen molar-refractivity contribution in [3.05, 3.63) is 17.8 Å². The maximum absolute atomic E-state index is 11.0. The predicted octanol–water partition coefficient (Wildman–Crippen LogP) is 0.810. The van der Waals surface area contributed by atoms with Crippen molar-refractivity contribution in [2.45, 2.75) is 11.9 Å². The zero-order chi connectivity index (χ0) is 10.6. The molecule has 0 spiro atoms. The molecule has 4 nitrogen and oxygen atoms in total. The Labute approximate surface area is 87.3 Å². The Kier molecular flexibility index (Phi) is 3.76. The van der Waals surface area contributed by atoms with Gasteiger partial charge in [-0.3, -0.25) is 4.79 Å². The van der Waals surface area contributed by atoms with Gasteiger partial charge in [-0.15, -0.1) is 0 Å². The van der Waals surface area contributed by atoms with Crippen LogP contribution in [-0.4, -0.2) is 23.7 Å². The van der Waals surface area contributed by atoms with E-state index in [2.05, 4.69) is 10.3 Å². The maximum Gasteiger partial charge on any atom is 0.230 e. The molecule has 0 saturated heterocycles. The predicted molar refractivity (Wildman–Crippen MR) is 58.2 cm³/mol. The average molecular weight is 211 g/mol. The molecule has 0 bridgehead atoms. The monoisotopic (exact) mass is 211 g/mol. The molecular formula is C9H13N3OS. The van der Waals surface area contributed by atoms with E-state index in [4.69, 9.17) is 5.73 Å². The van der Waals surface area contributed by atoms with Crippen LogP contribution in [0.4, 0.5) is 5.69 Å². The van der Waals surface area contributed by atoms with Crippen molar-refractivity contribution >= 4 is 23.4 Å². The number of carbonyl (C=O) groups excluding carboxylic acids is 1. The highest BCUT2D eigenvalue weighted by Crippen LogP contribution is 2.22. The molecule has 0 aliphatic rings. The molecule has 1 rings (SSSR count). The lowest BCUT2D eigenvalue weighted by atomic mass is 10.3. The largest absolute Gasteiger partial charge is 0.397 e. The fourth-order valence-electron chi connectivity index (χ4n) is 0.906. The van der Waals surface area contributed by atoms with Crippen LogP contribution in [0.15, 0.2) is 17.3 Å². The summed E-state index contributed by atoms with van der Waals surface area (Å²) in [7, 11) is 1.61. The van der Waals surface area contributed by atoms with Gasteiger partial charge in [0.15, 0.2) is 0 Å². The van der Waals surface area contributed by atoms with Gasteiger partial charge in [-0.2, -0.15) is 0 Å². The first kappa shape index (κ1) is 10.8. The van der Waals surface area contributed by atoms with E-state index in [0.717, 1.165) is 5.56 Å². The number of anilines is 1. The second-order valence-corrected chi connectivity index (χ2v) is 3.83. The second kappa shape index (κ2) is 4.85. The van der Waals surface area contributed by atoms with Crippen LogP contribution < -0.4 is 11.1 Å². The van der Waals surface area contributed by atoms with E-state index in [1.807, 2.05) is 13.0 Å². The number of carbonyl (C=O) groups is 1. The molecule has 0 atom stereocenters. The van der Waals surface area contributed by atoms with E-state index in [-0.39, 0.29) is 5.91 Å². The Morgan fingerprint density at radius 3 is 3.00 bits per heavy atom. The van der Waals surface area contributed by atoms with Crippen molar-refractivity contribution in [1.82, 2.24) is 10.3 Å². The third-order valence-electron chi connectivity index (χ3n) is 1.63. The van der Waals surface area contributed by atoms with Gasteiger partial charge in [0, 0.05) is 13.2 Å². The number of nitrogen functional groups attached to an aromatic ring is 1. The van der Waals surface area contributed by atoms with Crippen LogP contribution in [0.2, 0.25) is 0 Å². The number of aryl methyl sites for hydroxylation is 1. The summed E-state index contributed by atoms with van der Waals surface area (Å²) in [5.74, 6) is 0.313. The van der Waals surface area contributed by atoms with E-state index in [1.165, 1.54) is 11.8 Å². The third-order valence-corrected chi connectivity index (χ3v) is 2.66. The van der Waals surface area contributed by atoms with E-state index in [0.29, 0.717) is 16.5 Å². The molecule has 0 aromatic carbocycles. The number of thioether (sulfide) groups is 1. The van der Waals surface area contributed by atoms with Crippen molar-refractivity contribution in [2.75, 3.05) is 18.5 Å². The molecule has 0 radical (unpaired) electrons. The Hall–Kier alpha value is -1.23. The molecule has 1 aromatic rings. The lowest BCUT2D eigenvalue weighted by molar-refractivity contribution is -0.118. The van der Waals surface area contributed by atoms with Crippen molar-refractivity contribution in [3.8, 4) is 0 Å². The fraction of sp³-hybridized carbons (Fsp3) is 0.333. The summed E-state index contributed by atoms with van der Waals surface area (Å²) < 4.78 is 0. The highest BCUT2D eigenvalue weighted by atomic mass is 32.2. The SMILES string of the molecule is CNC(=O)CSc1ncc(C)cc1N. The van der Waals surface area contributed by atoms with Crippen molar-refractivity contribution in [3.63, 3.8) is 0 Å². The highest BCUT2D eigenvalue weighted by molar-refractivity contribution is 8.00. The van der Waals surface area contributed by atoms with E-state index in [9.17, 15) is 4.79 Å². The summed E-state index contributed by atoms with van der Waals surface area (Å²) in [6.07, 6.45) is 1.74. The number of aromatic nitrogens is 1. The van der Waals surface area contributed by atoms with Gasteiger partial charge >= 0.3 is 0 Å². The molecule has 14 heavy (non-hydrogen) atoms. The molecule has 3 N–H and O–H groups in total. The first-order valence-electron chi connectivity index (χ1n) is 4.19. The second-order valence-electron chi connectivity index (χ2n) is 2.87. The number of hydrogen-bond donors (Lipinski definition) is 2. The number of nitrogens with zero attached hydrogens (tertiary/aromatic N) is 1. The molecule has 0 aliphatic carbocycles. The summed E-state index contributed by atoms with van der Waals surface area (Å²) in [6.45, 7) is 1.93. The molecule has 0 aliphatic heterocycles. The number of pyridine rings is 1. The first-order valence-corrected chi connectivity index (χ1v) is 5.17. The van der Waals surface area contributed by atoms with Crippen LogP contribution in [0.25, 0.3) is 0 Å². The summed E-state index contributed by atoms with van der Waals surface area (Å²) in [5.41, 5.74) is 7.38. The lowest BCUT2D eigenvalue weighted by Crippen LogP contribution is -2.19. The molecule has 1 aromatic heterocycles. The van der Waals surface area contributed by atoms with Crippen LogP contribution in [0.5, 0.6) is 0 Å². The van der Waals surface area contributed by atoms with Crippen LogP contribution in [0.1, 0.15) is 5.56 Å². The smallest absolute Gasteiger partial charge is 0.230 e. The topological polar surface area (TPSA) is 68.0 Å². The number of nitrogens with two attached hydrogens (primary N) is 1. The molecule has 5 heteroatoms. The Morgan fingerprint density at radius 2 is 2.43 bits per heavy atom. The summed E-state index contributed by atoms with van der Waals surface area (Å²) in [4.78, 5) is 15.1. The lowest BCUT2D eigenvalue weighted by Gasteiger charge is -2.04. The zero-order valence-corrected chi connectivity index (χ0v) is 9.02. The van der Waals surface area contributed by atoms with Crippen LogP contribution in [-0.2, 0) is 4.79 Å². The maximum atomic E-state index is 11.0. The van der Waals surface area contributed by atoms with Gasteiger partial charge in [-0.25, -0.2) is 4.98 Å². The number of rotatable bonds is 3. The Bertz CT molecular complexity index is 341.